The Hall–Kier alpha value is -0.176. The highest BCUT2D eigenvalue weighted by atomic mass is 28.4. The molecule has 0 aliphatic rings. The molecule has 0 aliphatic carbocycles. The second-order valence-electron chi connectivity index (χ2n) is 7.53. The van der Waals surface area contributed by atoms with Crippen molar-refractivity contribution in [2.75, 3.05) is 26.7 Å². The molecule has 1 atom stereocenters. The lowest BCUT2D eigenvalue weighted by Gasteiger charge is -2.31. The predicted octanol–water partition coefficient (Wildman–Crippen LogP) is 4.73. The summed E-state index contributed by atoms with van der Waals surface area (Å²) in [6, 6.07) is 4.22. The maximum Gasteiger partial charge on any atom is 0.296 e. The van der Waals surface area contributed by atoms with Crippen LogP contribution in [-0.4, -0.2) is 54.2 Å². The molecule has 1 unspecified atom stereocenters. The molecule has 0 fully saturated rings. The maximum absolute atomic E-state index is 12.5. The van der Waals surface area contributed by atoms with E-state index >= 15 is 0 Å². The van der Waals surface area contributed by atoms with Gasteiger partial charge in [0.05, 0.1) is 5.92 Å². The Kier molecular flexibility index (Phi) is 11.4. The molecule has 6 heteroatoms. The van der Waals surface area contributed by atoms with E-state index in [2.05, 4.69) is 45.7 Å². The lowest BCUT2D eigenvalue weighted by atomic mass is 10.1. The van der Waals surface area contributed by atoms with Gasteiger partial charge in [0.2, 0.25) is 0 Å². The SMILES string of the molecule is CCN(CCC[Si](C)(C)OC)CC(C)C(=O)O[Si](CC)(CC)CC. The molecule has 144 valence electrons. The number of carbonyl (C=O) groups is 1. The van der Waals surface area contributed by atoms with Gasteiger partial charge in [-0.3, -0.25) is 4.79 Å². The summed E-state index contributed by atoms with van der Waals surface area (Å²) in [5.74, 6) is -0.0357. The van der Waals surface area contributed by atoms with Crippen LogP contribution in [0.3, 0.4) is 0 Å². The van der Waals surface area contributed by atoms with Crippen molar-refractivity contribution in [3.63, 3.8) is 0 Å². The van der Waals surface area contributed by atoms with E-state index in [9.17, 15) is 4.79 Å². The molecule has 24 heavy (non-hydrogen) atoms. The molecule has 0 bridgehead atoms. The topological polar surface area (TPSA) is 38.8 Å². The molecule has 0 aliphatic heterocycles. The van der Waals surface area contributed by atoms with Crippen molar-refractivity contribution in [3.8, 4) is 0 Å². The van der Waals surface area contributed by atoms with Crippen LogP contribution in [0.15, 0.2) is 0 Å². The molecule has 0 heterocycles. The average molecular weight is 376 g/mol. The van der Waals surface area contributed by atoms with Gasteiger partial charge in [-0.1, -0.05) is 34.6 Å². The largest absolute Gasteiger partial charge is 0.519 e. The number of nitrogens with zero attached hydrogens (tertiary/aromatic N) is 1. The lowest BCUT2D eigenvalue weighted by molar-refractivity contribution is -0.140. The molecule has 0 saturated carbocycles. The minimum absolute atomic E-state index is 0.0114. The third kappa shape index (κ3) is 8.27. The number of hydrogen-bond donors (Lipinski definition) is 0. The van der Waals surface area contributed by atoms with Crippen LogP contribution in [0.25, 0.3) is 0 Å². The molecular weight excluding hydrogens is 334 g/mol. The van der Waals surface area contributed by atoms with Crippen molar-refractivity contribution < 1.29 is 13.6 Å². The van der Waals surface area contributed by atoms with E-state index in [0.717, 1.165) is 50.2 Å². The van der Waals surface area contributed by atoms with E-state index in [1.54, 1.807) is 0 Å². The van der Waals surface area contributed by atoms with E-state index < -0.39 is 16.6 Å². The Morgan fingerprint density at radius 2 is 1.62 bits per heavy atom. The Balaban J connectivity index is 4.48. The van der Waals surface area contributed by atoms with E-state index in [0.29, 0.717) is 0 Å². The van der Waals surface area contributed by atoms with Crippen LogP contribution in [0.2, 0.25) is 37.3 Å². The second kappa shape index (κ2) is 11.4. The highest BCUT2D eigenvalue weighted by Gasteiger charge is 2.34. The zero-order valence-electron chi connectivity index (χ0n) is 17.4. The van der Waals surface area contributed by atoms with Crippen molar-refractivity contribution in [1.29, 1.82) is 0 Å². The van der Waals surface area contributed by atoms with Gasteiger partial charge < -0.3 is 13.8 Å². The number of rotatable bonds is 13. The minimum atomic E-state index is -1.84. The summed E-state index contributed by atoms with van der Waals surface area (Å²) in [6.45, 7) is 18.0. The summed E-state index contributed by atoms with van der Waals surface area (Å²) < 4.78 is 11.6. The Bertz CT molecular complexity index is 352. The van der Waals surface area contributed by atoms with Gasteiger partial charge in [-0.2, -0.15) is 0 Å². The predicted molar refractivity (Wildman–Crippen MR) is 108 cm³/mol. The summed E-state index contributed by atoms with van der Waals surface area (Å²) >= 11 is 0. The Morgan fingerprint density at radius 1 is 1.08 bits per heavy atom. The minimum Gasteiger partial charge on any atom is -0.519 e. The van der Waals surface area contributed by atoms with Crippen LogP contribution in [0.5, 0.6) is 0 Å². The molecule has 0 amide bonds. The molecule has 0 aromatic carbocycles. The fourth-order valence-corrected chi connectivity index (χ4v) is 6.73. The van der Waals surface area contributed by atoms with Crippen LogP contribution >= 0.6 is 0 Å². The van der Waals surface area contributed by atoms with Gasteiger partial charge in [0.25, 0.3) is 14.3 Å². The van der Waals surface area contributed by atoms with Gasteiger partial charge in [0.1, 0.15) is 0 Å². The summed E-state index contributed by atoms with van der Waals surface area (Å²) in [5.41, 5.74) is 0. The smallest absolute Gasteiger partial charge is 0.296 e. The second-order valence-corrected chi connectivity index (χ2v) is 16.6. The van der Waals surface area contributed by atoms with E-state index in [-0.39, 0.29) is 11.9 Å². The van der Waals surface area contributed by atoms with Gasteiger partial charge in [-0.15, -0.1) is 0 Å². The molecule has 0 aromatic heterocycles. The van der Waals surface area contributed by atoms with Gasteiger partial charge in [-0.05, 0) is 56.8 Å². The van der Waals surface area contributed by atoms with Gasteiger partial charge in [0, 0.05) is 13.7 Å². The average Bonchev–Trinajstić information content (AvgIpc) is 2.58. The summed E-state index contributed by atoms with van der Waals surface area (Å²) in [7, 11) is -1.49. The molecule has 0 saturated heterocycles. The van der Waals surface area contributed by atoms with Crippen molar-refractivity contribution in [2.24, 2.45) is 5.92 Å². The maximum atomic E-state index is 12.5. The van der Waals surface area contributed by atoms with Gasteiger partial charge in [0.15, 0.2) is 8.32 Å². The Morgan fingerprint density at radius 3 is 2.04 bits per heavy atom. The first-order chi connectivity index (χ1) is 11.2. The third-order valence-corrected chi connectivity index (χ3v) is 12.6. The molecule has 0 radical (unpaired) electrons. The van der Waals surface area contributed by atoms with Crippen LogP contribution < -0.4 is 0 Å². The molecule has 0 spiro atoms. The molecule has 0 aromatic rings. The monoisotopic (exact) mass is 375 g/mol. The van der Waals surface area contributed by atoms with Crippen molar-refractivity contribution in [1.82, 2.24) is 4.90 Å². The molecule has 4 nitrogen and oxygen atoms in total. The molecular formula is C18H41NO3Si2. The summed E-state index contributed by atoms with van der Waals surface area (Å²) in [4.78, 5) is 14.9. The normalized spacial score (nSPS) is 14.0. The quantitative estimate of drug-likeness (QED) is 0.436. The highest BCUT2D eigenvalue weighted by Crippen LogP contribution is 2.23. The number of hydrogen-bond acceptors (Lipinski definition) is 4. The highest BCUT2D eigenvalue weighted by molar-refractivity contribution is 6.75. The van der Waals surface area contributed by atoms with Crippen molar-refractivity contribution in [2.45, 2.75) is 78.3 Å². The number of carbonyl (C=O) groups excluding carboxylic acids is 1. The van der Waals surface area contributed by atoms with Crippen LogP contribution in [0.1, 0.15) is 41.0 Å². The zero-order valence-corrected chi connectivity index (χ0v) is 19.4. The first-order valence-electron chi connectivity index (χ1n) is 9.69. The van der Waals surface area contributed by atoms with Gasteiger partial charge >= 0.3 is 0 Å². The molecule has 0 rings (SSSR count). The first-order valence-corrected chi connectivity index (χ1v) is 15.3. The lowest BCUT2D eigenvalue weighted by Crippen LogP contribution is -2.42. The van der Waals surface area contributed by atoms with Crippen LogP contribution in [-0.2, 0) is 13.6 Å². The fourth-order valence-electron chi connectivity index (χ4n) is 2.95. The summed E-state index contributed by atoms with van der Waals surface area (Å²) in [6.07, 6.45) is 1.14. The van der Waals surface area contributed by atoms with E-state index in [4.69, 9.17) is 8.85 Å². The van der Waals surface area contributed by atoms with E-state index in [1.165, 1.54) is 0 Å². The third-order valence-electron chi connectivity index (χ3n) is 5.44. The van der Waals surface area contributed by atoms with E-state index in [1.807, 2.05) is 14.0 Å². The Labute approximate surface area is 152 Å². The fraction of sp³-hybridized carbons (Fsp3) is 0.944. The first kappa shape index (κ1) is 23.8. The van der Waals surface area contributed by atoms with Crippen molar-refractivity contribution >= 4 is 22.6 Å². The van der Waals surface area contributed by atoms with Crippen LogP contribution in [0.4, 0.5) is 0 Å². The van der Waals surface area contributed by atoms with Crippen LogP contribution in [0, 0.1) is 5.92 Å². The van der Waals surface area contributed by atoms with Crippen molar-refractivity contribution in [3.05, 3.63) is 0 Å². The zero-order chi connectivity index (χ0) is 18.8. The summed E-state index contributed by atoms with van der Waals surface area (Å²) in [5, 5.41) is 0. The van der Waals surface area contributed by atoms with Gasteiger partial charge in [-0.25, -0.2) is 0 Å². The molecule has 0 N–H and O–H groups in total. The standard InChI is InChI=1S/C18H41NO3Si2/c1-9-19(14-13-15-23(7,8)21-6)16-17(5)18(20)22-24(10-2,11-3)12-4/h17H,9-16H2,1-8H3.